The zero-order valence-electron chi connectivity index (χ0n) is 16.4. The van der Waals surface area contributed by atoms with E-state index in [1.165, 1.54) is 12.4 Å². The normalized spacial score (nSPS) is 10.3. The Morgan fingerprint density at radius 3 is 2.23 bits per heavy atom. The van der Waals surface area contributed by atoms with Crippen molar-refractivity contribution in [3.63, 3.8) is 0 Å². The SMILES string of the molecule is Cc1ccccc1Nc1cnc(C(=O)Nc2ccccc2Oc2ccccc2)cn1. The van der Waals surface area contributed by atoms with E-state index in [0.717, 1.165) is 11.3 Å². The molecule has 0 bridgehead atoms. The molecule has 4 rings (SSSR count). The summed E-state index contributed by atoms with van der Waals surface area (Å²) in [6.07, 6.45) is 2.98. The van der Waals surface area contributed by atoms with E-state index in [2.05, 4.69) is 20.6 Å². The van der Waals surface area contributed by atoms with E-state index in [4.69, 9.17) is 4.74 Å². The molecular formula is C24H20N4O2. The lowest BCUT2D eigenvalue weighted by Crippen LogP contribution is -2.14. The summed E-state index contributed by atoms with van der Waals surface area (Å²) < 4.78 is 5.88. The first-order chi connectivity index (χ1) is 14.7. The Kier molecular flexibility index (Phi) is 5.66. The molecule has 0 atom stereocenters. The average Bonchev–Trinajstić information content (AvgIpc) is 2.78. The topological polar surface area (TPSA) is 76.1 Å². The van der Waals surface area contributed by atoms with Crippen molar-refractivity contribution in [2.75, 3.05) is 10.6 Å². The third-order valence-corrected chi connectivity index (χ3v) is 4.40. The Bertz CT molecular complexity index is 1150. The second-order valence-corrected chi connectivity index (χ2v) is 6.59. The van der Waals surface area contributed by atoms with E-state index in [9.17, 15) is 4.79 Å². The summed E-state index contributed by atoms with van der Waals surface area (Å²) in [5.74, 6) is 1.43. The van der Waals surface area contributed by atoms with Crippen LogP contribution in [0, 0.1) is 6.92 Å². The second-order valence-electron chi connectivity index (χ2n) is 6.59. The molecule has 0 spiro atoms. The average molecular weight is 396 g/mol. The van der Waals surface area contributed by atoms with Crippen molar-refractivity contribution in [1.29, 1.82) is 0 Å². The molecule has 2 N–H and O–H groups in total. The number of rotatable bonds is 6. The Morgan fingerprint density at radius 1 is 0.800 bits per heavy atom. The smallest absolute Gasteiger partial charge is 0.275 e. The van der Waals surface area contributed by atoms with Gasteiger partial charge in [-0.1, -0.05) is 48.5 Å². The summed E-state index contributed by atoms with van der Waals surface area (Å²) in [4.78, 5) is 21.2. The Labute approximate surface area is 174 Å². The highest BCUT2D eigenvalue weighted by molar-refractivity contribution is 6.03. The van der Waals surface area contributed by atoms with Crippen molar-refractivity contribution in [1.82, 2.24) is 9.97 Å². The maximum atomic E-state index is 12.7. The van der Waals surface area contributed by atoms with E-state index in [0.29, 0.717) is 23.0 Å². The van der Waals surface area contributed by atoms with Crippen LogP contribution in [0.1, 0.15) is 16.1 Å². The lowest BCUT2D eigenvalue weighted by molar-refractivity contribution is 0.102. The van der Waals surface area contributed by atoms with Crippen LogP contribution < -0.4 is 15.4 Å². The molecule has 3 aromatic carbocycles. The number of anilines is 3. The fraction of sp³-hybridized carbons (Fsp3) is 0.0417. The van der Waals surface area contributed by atoms with Crippen LogP contribution >= 0.6 is 0 Å². The van der Waals surface area contributed by atoms with Crippen molar-refractivity contribution >= 4 is 23.1 Å². The Morgan fingerprint density at radius 2 is 1.50 bits per heavy atom. The molecule has 0 saturated carbocycles. The van der Waals surface area contributed by atoms with E-state index in [-0.39, 0.29) is 11.6 Å². The van der Waals surface area contributed by atoms with Gasteiger partial charge in [0.1, 0.15) is 17.3 Å². The highest BCUT2D eigenvalue weighted by Crippen LogP contribution is 2.29. The minimum atomic E-state index is -0.367. The van der Waals surface area contributed by atoms with Gasteiger partial charge in [-0.25, -0.2) is 9.97 Å². The van der Waals surface area contributed by atoms with Crippen molar-refractivity contribution < 1.29 is 9.53 Å². The number of carbonyl (C=O) groups excluding carboxylic acids is 1. The molecule has 0 aliphatic rings. The van der Waals surface area contributed by atoms with Crippen LogP contribution in [0.5, 0.6) is 11.5 Å². The molecule has 1 aromatic heterocycles. The van der Waals surface area contributed by atoms with Gasteiger partial charge < -0.3 is 15.4 Å². The van der Waals surface area contributed by atoms with Gasteiger partial charge in [-0.3, -0.25) is 4.79 Å². The minimum Gasteiger partial charge on any atom is -0.455 e. The number of amides is 1. The summed E-state index contributed by atoms with van der Waals surface area (Å²) in [6, 6.07) is 24.5. The van der Waals surface area contributed by atoms with Crippen LogP contribution in [0.3, 0.4) is 0 Å². The van der Waals surface area contributed by atoms with Crippen LogP contribution in [-0.4, -0.2) is 15.9 Å². The quantitative estimate of drug-likeness (QED) is 0.445. The predicted octanol–water partition coefficient (Wildman–Crippen LogP) is 5.57. The Balaban J connectivity index is 1.46. The van der Waals surface area contributed by atoms with Crippen LogP contribution in [0.2, 0.25) is 0 Å². The van der Waals surface area contributed by atoms with Gasteiger partial charge in [0.05, 0.1) is 18.1 Å². The van der Waals surface area contributed by atoms with Gasteiger partial charge in [0.25, 0.3) is 5.91 Å². The van der Waals surface area contributed by atoms with Crippen molar-refractivity contribution in [3.8, 4) is 11.5 Å². The monoisotopic (exact) mass is 396 g/mol. The lowest BCUT2D eigenvalue weighted by Gasteiger charge is -2.12. The van der Waals surface area contributed by atoms with Gasteiger partial charge in [0.15, 0.2) is 5.75 Å². The fourth-order valence-corrected chi connectivity index (χ4v) is 2.82. The van der Waals surface area contributed by atoms with Crippen LogP contribution in [0.25, 0.3) is 0 Å². The number of aryl methyl sites for hydroxylation is 1. The van der Waals surface area contributed by atoms with Crippen LogP contribution in [0.4, 0.5) is 17.2 Å². The summed E-state index contributed by atoms with van der Waals surface area (Å²) in [7, 11) is 0. The van der Waals surface area contributed by atoms with Crippen LogP contribution in [-0.2, 0) is 0 Å². The van der Waals surface area contributed by atoms with Gasteiger partial charge in [0, 0.05) is 5.69 Å². The predicted molar refractivity (Wildman–Crippen MR) is 117 cm³/mol. The highest BCUT2D eigenvalue weighted by atomic mass is 16.5. The van der Waals surface area contributed by atoms with E-state index in [1.807, 2.05) is 73.7 Å². The number of para-hydroxylation sites is 4. The number of carbonyl (C=O) groups is 1. The van der Waals surface area contributed by atoms with Gasteiger partial charge in [-0.15, -0.1) is 0 Å². The molecule has 0 aliphatic heterocycles. The first-order valence-electron chi connectivity index (χ1n) is 9.47. The molecule has 0 radical (unpaired) electrons. The first-order valence-corrected chi connectivity index (χ1v) is 9.47. The molecule has 1 heterocycles. The maximum Gasteiger partial charge on any atom is 0.275 e. The minimum absolute atomic E-state index is 0.208. The zero-order chi connectivity index (χ0) is 20.8. The number of benzene rings is 3. The highest BCUT2D eigenvalue weighted by Gasteiger charge is 2.12. The molecule has 0 unspecified atom stereocenters. The Hall–Kier alpha value is -4.19. The van der Waals surface area contributed by atoms with Crippen molar-refractivity contribution in [2.24, 2.45) is 0 Å². The van der Waals surface area contributed by atoms with Gasteiger partial charge in [-0.2, -0.15) is 0 Å². The molecule has 0 saturated heterocycles. The molecule has 6 nitrogen and oxygen atoms in total. The largest absolute Gasteiger partial charge is 0.455 e. The number of hydrogen-bond acceptors (Lipinski definition) is 5. The number of nitrogens with one attached hydrogen (secondary N) is 2. The van der Waals surface area contributed by atoms with Crippen LogP contribution in [0.15, 0.2) is 91.3 Å². The molecule has 30 heavy (non-hydrogen) atoms. The molecule has 1 amide bonds. The summed E-state index contributed by atoms with van der Waals surface area (Å²) >= 11 is 0. The molecule has 6 heteroatoms. The van der Waals surface area contributed by atoms with E-state index >= 15 is 0 Å². The number of hydrogen-bond donors (Lipinski definition) is 2. The van der Waals surface area contributed by atoms with Crippen molar-refractivity contribution in [2.45, 2.75) is 6.92 Å². The maximum absolute atomic E-state index is 12.7. The third-order valence-electron chi connectivity index (χ3n) is 4.40. The molecule has 0 aliphatic carbocycles. The summed E-state index contributed by atoms with van der Waals surface area (Å²) in [6.45, 7) is 2.01. The zero-order valence-corrected chi connectivity index (χ0v) is 16.4. The molecule has 148 valence electrons. The molecule has 4 aromatic rings. The fourth-order valence-electron chi connectivity index (χ4n) is 2.82. The number of ether oxygens (including phenoxy) is 1. The van der Waals surface area contributed by atoms with Crippen molar-refractivity contribution in [3.05, 3.63) is 103 Å². The summed E-state index contributed by atoms with van der Waals surface area (Å²) in [5.41, 5.74) is 2.79. The second kappa shape index (κ2) is 8.87. The molecular weight excluding hydrogens is 376 g/mol. The van der Waals surface area contributed by atoms with Gasteiger partial charge >= 0.3 is 0 Å². The van der Waals surface area contributed by atoms with E-state index in [1.54, 1.807) is 12.1 Å². The van der Waals surface area contributed by atoms with Gasteiger partial charge in [0.2, 0.25) is 0 Å². The summed E-state index contributed by atoms with van der Waals surface area (Å²) in [5, 5.41) is 6.04. The molecule has 0 fully saturated rings. The lowest BCUT2D eigenvalue weighted by atomic mass is 10.2. The third kappa shape index (κ3) is 4.62. The number of aromatic nitrogens is 2. The van der Waals surface area contributed by atoms with Gasteiger partial charge in [-0.05, 0) is 42.8 Å². The first kappa shape index (κ1) is 19.1. The standard InChI is InChI=1S/C24H20N4O2/c1-17-9-5-6-12-19(17)27-23-16-25-21(15-26-23)24(29)28-20-13-7-8-14-22(20)30-18-10-3-2-4-11-18/h2-16H,1H3,(H,26,27)(H,28,29). The number of nitrogens with zero attached hydrogens (tertiary/aromatic N) is 2. The van der Waals surface area contributed by atoms with E-state index < -0.39 is 0 Å².